The van der Waals surface area contributed by atoms with Gasteiger partial charge >= 0.3 is 47.7 Å². The SMILES string of the molecule is N.O=C(O)O.O=C([O-])CC(O)(CC(=O)O)C(=O)O.[Na+]. The van der Waals surface area contributed by atoms with Gasteiger partial charge < -0.3 is 41.6 Å². The second kappa shape index (κ2) is 11.7. The molecule has 12 heteroatoms. The van der Waals surface area contributed by atoms with Crippen molar-refractivity contribution in [2.45, 2.75) is 18.4 Å². The van der Waals surface area contributed by atoms with Crippen LogP contribution in [0.3, 0.4) is 0 Å². The van der Waals surface area contributed by atoms with Crippen molar-refractivity contribution in [3.63, 3.8) is 0 Å². The van der Waals surface area contributed by atoms with Gasteiger partial charge in [-0.25, -0.2) is 9.59 Å². The fourth-order valence-corrected chi connectivity index (χ4v) is 0.703. The van der Waals surface area contributed by atoms with E-state index in [1.807, 2.05) is 0 Å². The molecule has 0 saturated heterocycles. The van der Waals surface area contributed by atoms with Gasteiger partial charge in [-0.2, -0.15) is 0 Å². The van der Waals surface area contributed by atoms with Crippen LogP contribution in [-0.4, -0.2) is 55.2 Å². The summed E-state index contributed by atoms with van der Waals surface area (Å²) in [4.78, 5) is 38.9. The van der Waals surface area contributed by atoms with Crippen LogP contribution in [0.2, 0.25) is 0 Å². The van der Waals surface area contributed by atoms with Gasteiger partial charge in [0.05, 0.1) is 6.42 Å². The van der Waals surface area contributed by atoms with Gasteiger partial charge in [-0.05, 0) is 0 Å². The molecule has 0 aromatic rings. The first-order valence-corrected chi connectivity index (χ1v) is 3.80. The van der Waals surface area contributed by atoms with E-state index in [2.05, 4.69) is 0 Å². The first kappa shape index (κ1) is 26.2. The monoisotopic (exact) mass is 293 g/mol. The molecule has 0 aromatic heterocycles. The van der Waals surface area contributed by atoms with E-state index in [0.717, 1.165) is 0 Å². The van der Waals surface area contributed by atoms with Crippen LogP contribution in [-0.2, 0) is 14.4 Å². The summed E-state index contributed by atoms with van der Waals surface area (Å²) in [5.74, 6) is -5.34. The minimum absolute atomic E-state index is 0. The van der Waals surface area contributed by atoms with Gasteiger partial charge in [0.25, 0.3) is 0 Å². The van der Waals surface area contributed by atoms with Crippen molar-refractivity contribution in [3.8, 4) is 0 Å². The number of carboxylic acid groups (broad SMARTS) is 5. The van der Waals surface area contributed by atoms with Crippen molar-refractivity contribution in [2.75, 3.05) is 0 Å². The van der Waals surface area contributed by atoms with E-state index in [1.165, 1.54) is 0 Å². The predicted octanol–water partition coefficient (Wildman–Crippen LogP) is -5.19. The summed E-state index contributed by atoms with van der Waals surface area (Å²) in [7, 11) is 0. The normalized spacial score (nSPS) is 11.2. The molecule has 0 rings (SSSR count). The summed E-state index contributed by atoms with van der Waals surface area (Å²) >= 11 is 0. The number of hydrogen-bond donors (Lipinski definition) is 6. The summed E-state index contributed by atoms with van der Waals surface area (Å²) in [5, 5.41) is 49.4. The molecular weight excluding hydrogens is 281 g/mol. The van der Waals surface area contributed by atoms with Gasteiger partial charge in [-0.1, -0.05) is 0 Å². The Labute approximate surface area is 128 Å². The van der Waals surface area contributed by atoms with E-state index >= 15 is 0 Å². The van der Waals surface area contributed by atoms with Crippen molar-refractivity contribution in [1.82, 2.24) is 6.15 Å². The van der Waals surface area contributed by atoms with E-state index in [0.29, 0.717) is 0 Å². The molecule has 0 aromatic carbocycles. The van der Waals surface area contributed by atoms with Crippen LogP contribution in [0.5, 0.6) is 0 Å². The summed E-state index contributed by atoms with van der Waals surface area (Å²) in [6.45, 7) is 0. The van der Waals surface area contributed by atoms with Gasteiger partial charge in [0, 0.05) is 12.4 Å². The summed E-state index contributed by atoms with van der Waals surface area (Å²) in [6, 6.07) is 0. The van der Waals surface area contributed by atoms with Gasteiger partial charge in [-0.15, -0.1) is 0 Å². The van der Waals surface area contributed by atoms with Gasteiger partial charge in [0.2, 0.25) is 0 Å². The second-order valence-electron chi connectivity index (χ2n) is 2.74. The smallest absolute Gasteiger partial charge is 0.550 e. The molecule has 0 bridgehead atoms. The van der Waals surface area contributed by atoms with Crippen LogP contribution < -0.4 is 40.8 Å². The van der Waals surface area contributed by atoms with Gasteiger partial charge in [0.15, 0.2) is 5.60 Å². The Kier molecular flexibility index (Phi) is 16.1. The quantitative estimate of drug-likeness (QED) is 0.262. The molecule has 106 valence electrons. The molecule has 0 amide bonds. The first-order chi connectivity index (χ1) is 7.51. The molecule has 0 aliphatic heterocycles. The van der Waals surface area contributed by atoms with Crippen LogP contribution in [0.25, 0.3) is 0 Å². The molecule has 11 nitrogen and oxygen atoms in total. The third kappa shape index (κ3) is 16.6. The van der Waals surface area contributed by atoms with Crippen molar-refractivity contribution >= 4 is 24.1 Å². The number of carbonyl (C=O) groups is 4. The third-order valence-electron chi connectivity index (χ3n) is 1.28. The van der Waals surface area contributed by atoms with Crippen LogP contribution >= 0.6 is 0 Å². The number of rotatable bonds is 5. The minimum atomic E-state index is -2.80. The maximum absolute atomic E-state index is 10.3. The largest absolute Gasteiger partial charge is 1.00 e. The fourth-order valence-electron chi connectivity index (χ4n) is 0.703. The topological polar surface area (TPSA) is 227 Å². The van der Waals surface area contributed by atoms with E-state index in [4.69, 9.17) is 30.3 Å². The van der Waals surface area contributed by atoms with Crippen molar-refractivity contribution < 1.29 is 79.4 Å². The summed E-state index contributed by atoms with van der Waals surface area (Å²) < 4.78 is 0. The molecule has 1 atom stereocenters. The van der Waals surface area contributed by atoms with Crippen LogP contribution in [0.4, 0.5) is 4.79 Å². The molecule has 0 aliphatic carbocycles. The zero-order valence-corrected chi connectivity index (χ0v) is 11.9. The molecule has 0 heterocycles. The zero-order chi connectivity index (χ0) is 14.2. The summed E-state index contributed by atoms with van der Waals surface area (Å²) in [5.41, 5.74) is -2.80. The van der Waals surface area contributed by atoms with Crippen LogP contribution in [0, 0.1) is 0 Å². The minimum Gasteiger partial charge on any atom is -0.550 e. The zero-order valence-electron chi connectivity index (χ0n) is 9.90. The molecule has 0 spiro atoms. The average molecular weight is 293 g/mol. The van der Waals surface area contributed by atoms with E-state index in [-0.39, 0.29) is 35.7 Å². The average Bonchev–Trinajstić information content (AvgIpc) is 1.98. The fraction of sp³-hybridized carbons (Fsp3) is 0.429. The number of aliphatic carboxylic acids is 3. The Hall–Kier alpha value is -1.40. The molecule has 0 radical (unpaired) electrons. The maximum atomic E-state index is 10.3. The predicted molar refractivity (Wildman–Crippen MR) is 50.1 cm³/mol. The first-order valence-electron chi connectivity index (χ1n) is 3.80. The van der Waals surface area contributed by atoms with E-state index in [1.54, 1.807) is 0 Å². The molecule has 19 heavy (non-hydrogen) atoms. The van der Waals surface area contributed by atoms with E-state index in [9.17, 15) is 19.5 Å². The van der Waals surface area contributed by atoms with Crippen LogP contribution in [0.1, 0.15) is 12.8 Å². The Morgan fingerprint density at radius 3 is 1.42 bits per heavy atom. The van der Waals surface area contributed by atoms with Crippen molar-refractivity contribution in [2.24, 2.45) is 0 Å². The van der Waals surface area contributed by atoms with Gasteiger partial charge in [0.1, 0.15) is 0 Å². The maximum Gasteiger partial charge on any atom is 1.00 e. The Morgan fingerprint density at radius 1 is 0.947 bits per heavy atom. The molecule has 0 fully saturated rings. The number of hydrogen-bond acceptors (Lipinski definition) is 7. The Bertz CT molecular complexity index is 310. The summed E-state index contributed by atoms with van der Waals surface area (Å²) in [6.07, 6.45) is -4.27. The van der Waals surface area contributed by atoms with Gasteiger partial charge in [-0.3, -0.25) is 4.79 Å². The standard InChI is InChI=1S/C6H8O7.CH2O3.H3N.Na/c7-3(8)1-6(13,5(11)12)2-4(9)10;2-1(3)4;;/h13H,1-2H2,(H,7,8)(H,9,10)(H,11,12);(H2,2,3,4);1H3;/q;;;+1/p-1. The van der Waals surface area contributed by atoms with E-state index < -0.39 is 42.5 Å². The Balaban J connectivity index is -0.000000165. The molecule has 0 aliphatic rings. The second-order valence-corrected chi connectivity index (χ2v) is 2.74. The molecular formula is C7H12NNaO10. The van der Waals surface area contributed by atoms with Crippen molar-refractivity contribution in [1.29, 1.82) is 0 Å². The Morgan fingerprint density at radius 2 is 1.26 bits per heavy atom. The van der Waals surface area contributed by atoms with Crippen LogP contribution in [0.15, 0.2) is 0 Å². The number of carboxylic acids is 3. The molecule has 1 unspecified atom stereocenters. The number of aliphatic hydroxyl groups is 1. The molecule has 8 N–H and O–H groups in total. The molecule has 0 saturated carbocycles. The number of carbonyl (C=O) groups excluding carboxylic acids is 1. The van der Waals surface area contributed by atoms with Crippen molar-refractivity contribution in [3.05, 3.63) is 0 Å². The third-order valence-corrected chi connectivity index (χ3v) is 1.28.